The molecule has 1 aromatic carbocycles. The highest BCUT2D eigenvalue weighted by Crippen LogP contribution is 2.46. The van der Waals surface area contributed by atoms with Gasteiger partial charge in [-0.05, 0) is 74.1 Å². The molecule has 168 valence electrons. The number of carbonyl (C=O) groups excluding carboxylic acids is 4. The molecule has 0 bridgehead atoms. The van der Waals surface area contributed by atoms with Gasteiger partial charge in [-0.25, -0.2) is 4.79 Å². The van der Waals surface area contributed by atoms with Crippen molar-refractivity contribution in [2.24, 2.45) is 11.3 Å². The molecule has 2 aliphatic rings. The molecule has 2 fully saturated rings. The molecule has 1 aliphatic carbocycles. The number of carbonyl (C=O) groups is 4. The number of amides is 3. The molecule has 0 radical (unpaired) electrons. The number of nitrogens with zero attached hydrogens (tertiary/aromatic N) is 1. The second kappa shape index (κ2) is 8.09. The Morgan fingerprint density at radius 3 is 2.39 bits per heavy atom. The molecule has 3 rings (SSSR count). The van der Waals surface area contributed by atoms with E-state index in [9.17, 15) is 19.2 Å². The predicted molar refractivity (Wildman–Crippen MR) is 116 cm³/mol. The van der Waals surface area contributed by atoms with Crippen LogP contribution in [0.2, 0.25) is 0 Å². The molecule has 1 aromatic rings. The lowest BCUT2D eigenvalue weighted by atomic mass is 9.64. The van der Waals surface area contributed by atoms with Gasteiger partial charge in [-0.15, -0.1) is 0 Å². The van der Waals surface area contributed by atoms with Crippen LogP contribution in [0.5, 0.6) is 0 Å². The van der Waals surface area contributed by atoms with Crippen LogP contribution in [0.3, 0.4) is 0 Å². The van der Waals surface area contributed by atoms with Crippen LogP contribution in [-0.4, -0.2) is 47.3 Å². The second-order valence-corrected chi connectivity index (χ2v) is 10.1. The Morgan fingerprint density at radius 2 is 1.74 bits per heavy atom. The third-order valence-corrected chi connectivity index (χ3v) is 6.42. The van der Waals surface area contributed by atoms with Crippen LogP contribution >= 0.6 is 0 Å². The van der Waals surface area contributed by atoms with Crippen LogP contribution in [0, 0.1) is 32.1 Å². The van der Waals surface area contributed by atoms with Crippen molar-refractivity contribution in [1.29, 1.82) is 0 Å². The van der Waals surface area contributed by atoms with E-state index in [1.165, 1.54) is 0 Å². The number of ether oxygens (including phenoxy) is 1. The van der Waals surface area contributed by atoms with Crippen molar-refractivity contribution in [3.05, 3.63) is 34.4 Å². The summed E-state index contributed by atoms with van der Waals surface area (Å²) in [6.07, 6.45) is 2.06. The van der Waals surface area contributed by atoms with Crippen molar-refractivity contribution in [3.63, 3.8) is 0 Å². The van der Waals surface area contributed by atoms with Crippen molar-refractivity contribution < 1.29 is 23.9 Å². The summed E-state index contributed by atoms with van der Waals surface area (Å²) in [5.41, 5.74) is 2.32. The molecule has 1 aliphatic heterocycles. The third kappa shape index (κ3) is 4.65. The number of urea groups is 1. The highest BCUT2D eigenvalue weighted by Gasteiger charge is 2.56. The maximum absolute atomic E-state index is 13.1. The number of nitrogens with one attached hydrogen (secondary N) is 1. The number of rotatable bonds is 5. The Labute approximate surface area is 183 Å². The van der Waals surface area contributed by atoms with Crippen LogP contribution in [0.4, 0.5) is 4.79 Å². The first kappa shape index (κ1) is 23.0. The fourth-order valence-corrected chi connectivity index (χ4v) is 5.31. The minimum absolute atomic E-state index is 0.0897. The van der Waals surface area contributed by atoms with Gasteiger partial charge in [0.05, 0.1) is 0 Å². The summed E-state index contributed by atoms with van der Waals surface area (Å²) in [4.78, 5) is 51.4. The number of ketones is 1. The molecule has 7 nitrogen and oxygen atoms in total. The molecule has 1 saturated carbocycles. The molecule has 1 N–H and O–H groups in total. The van der Waals surface area contributed by atoms with Gasteiger partial charge < -0.3 is 10.1 Å². The van der Waals surface area contributed by atoms with E-state index in [0.717, 1.165) is 28.0 Å². The van der Waals surface area contributed by atoms with Crippen molar-refractivity contribution in [3.8, 4) is 0 Å². The first-order valence-corrected chi connectivity index (χ1v) is 10.7. The van der Waals surface area contributed by atoms with Gasteiger partial charge in [-0.3, -0.25) is 19.3 Å². The van der Waals surface area contributed by atoms with Gasteiger partial charge in [0.25, 0.3) is 5.91 Å². The van der Waals surface area contributed by atoms with Gasteiger partial charge in [0.1, 0.15) is 12.1 Å². The van der Waals surface area contributed by atoms with E-state index in [0.29, 0.717) is 18.4 Å². The smallest absolute Gasteiger partial charge is 0.326 e. The van der Waals surface area contributed by atoms with E-state index < -0.39 is 30.7 Å². The highest BCUT2D eigenvalue weighted by molar-refractivity contribution is 6.09. The topological polar surface area (TPSA) is 92.8 Å². The summed E-state index contributed by atoms with van der Waals surface area (Å²) in [7, 11) is 0. The lowest BCUT2D eigenvalue weighted by Gasteiger charge is -2.43. The van der Waals surface area contributed by atoms with E-state index in [1.54, 1.807) is 6.07 Å². The molecule has 3 amide bonds. The fraction of sp³-hybridized carbons (Fsp3) is 0.583. The van der Waals surface area contributed by atoms with Gasteiger partial charge in [0.15, 0.2) is 6.61 Å². The summed E-state index contributed by atoms with van der Waals surface area (Å²) < 4.78 is 5.12. The summed E-state index contributed by atoms with van der Waals surface area (Å²) in [6.45, 7) is 11.0. The molecular weight excluding hydrogens is 396 g/mol. The van der Waals surface area contributed by atoms with Gasteiger partial charge in [-0.1, -0.05) is 26.8 Å². The first-order valence-electron chi connectivity index (χ1n) is 10.7. The Bertz CT molecular complexity index is 952. The summed E-state index contributed by atoms with van der Waals surface area (Å²) in [5, 5.41) is 2.83. The zero-order valence-corrected chi connectivity index (χ0v) is 19.3. The summed E-state index contributed by atoms with van der Waals surface area (Å²) >= 11 is 0. The minimum Gasteiger partial charge on any atom is -0.456 e. The monoisotopic (exact) mass is 428 g/mol. The molecule has 0 aromatic heterocycles. The molecule has 7 heteroatoms. The Hall–Kier alpha value is -2.70. The Kier molecular flexibility index (Phi) is 6.00. The maximum atomic E-state index is 13.1. The van der Waals surface area contributed by atoms with Crippen LogP contribution in [-0.2, 0) is 14.3 Å². The average Bonchev–Trinajstić information content (AvgIpc) is 2.84. The van der Waals surface area contributed by atoms with E-state index in [4.69, 9.17) is 4.74 Å². The first-order chi connectivity index (χ1) is 14.3. The van der Waals surface area contributed by atoms with Crippen LogP contribution in [0.15, 0.2) is 12.1 Å². The van der Waals surface area contributed by atoms with Crippen molar-refractivity contribution in [2.75, 3.05) is 13.2 Å². The van der Waals surface area contributed by atoms with Gasteiger partial charge in [-0.2, -0.15) is 0 Å². The van der Waals surface area contributed by atoms with Crippen molar-refractivity contribution in [1.82, 2.24) is 10.2 Å². The lowest BCUT2D eigenvalue weighted by Crippen LogP contribution is -2.54. The van der Waals surface area contributed by atoms with Gasteiger partial charge >= 0.3 is 12.0 Å². The quantitative estimate of drug-likeness (QED) is 0.440. The van der Waals surface area contributed by atoms with E-state index in [1.807, 2.05) is 26.8 Å². The molecular formula is C24H32N2O5. The van der Waals surface area contributed by atoms with Crippen LogP contribution < -0.4 is 5.32 Å². The molecule has 31 heavy (non-hydrogen) atoms. The minimum atomic E-state index is -0.967. The van der Waals surface area contributed by atoms with Gasteiger partial charge in [0, 0.05) is 5.56 Å². The Balaban J connectivity index is 1.63. The Morgan fingerprint density at radius 1 is 1.10 bits per heavy atom. The lowest BCUT2D eigenvalue weighted by molar-refractivity contribution is -0.147. The molecule has 1 heterocycles. The third-order valence-electron chi connectivity index (χ3n) is 6.42. The summed E-state index contributed by atoms with van der Waals surface area (Å²) in [5.74, 6) is -1.20. The standard InChI is InChI=1S/C24H32N2O5/c1-14-9-23(5,6)13-24(10-14)21(29)26(22(30)25-24)11-20(28)31-12-19(27)18-8-16(3)15(2)7-17(18)4/h7-8,14H,9-13H2,1-6H3,(H,25,30)/t14-,24+/m0/s1. The number of hydrogen-bond acceptors (Lipinski definition) is 5. The van der Waals surface area contributed by atoms with Crippen LogP contribution in [0.1, 0.15) is 67.1 Å². The fourth-order valence-electron chi connectivity index (χ4n) is 5.31. The SMILES string of the molecule is Cc1cc(C)c(C(=O)COC(=O)CN2C(=O)N[C@@]3(C[C@@H](C)CC(C)(C)C3)C2=O)cc1C. The second-order valence-electron chi connectivity index (χ2n) is 10.1. The molecule has 1 spiro atoms. The number of hydrogen-bond donors (Lipinski definition) is 1. The van der Waals surface area contributed by atoms with Gasteiger partial charge in [0.2, 0.25) is 5.78 Å². The largest absolute Gasteiger partial charge is 0.456 e. The number of esters is 1. The molecule has 2 atom stereocenters. The number of aryl methyl sites for hydroxylation is 3. The number of imide groups is 1. The molecule has 1 saturated heterocycles. The van der Waals surface area contributed by atoms with Crippen molar-refractivity contribution in [2.45, 2.75) is 66.3 Å². The van der Waals surface area contributed by atoms with E-state index >= 15 is 0 Å². The van der Waals surface area contributed by atoms with Crippen molar-refractivity contribution >= 4 is 23.7 Å². The average molecular weight is 429 g/mol. The van der Waals surface area contributed by atoms with E-state index in [2.05, 4.69) is 26.1 Å². The maximum Gasteiger partial charge on any atom is 0.326 e. The zero-order chi connectivity index (χ0) is 23.1. The summed E-state index contributed by atoms with van der Waals surface area (Å²) in [6, 6.07) is 3.13. The number of benzene rings is 1. The predicted octanol–water partition coefficient (Wildman–Crippen LogP) is 3.47. The highest BCUT2D eigenvalue weighted by atomic mass is 16.5. The number of Topliss-reactive ketones (excluding diaryl/α,β-unsaturated/α-hetero) is 1. The van der Waals surface area contributed by atoms with E-state index in [-0.39, 0.29) is 23.0 Å². The van der Waals surface area contributed by atoms with Crippen LogP contribution in [0.25, 0.3) is 0 Å². The molecule has 0 unspecified atom stereocenters. The normalized spacial score (nSPS) is 25.0. The zero-order valence-electron chi connectivity index (χ0n) is 19.3.